The Morgan fingerprint density at radius 1 is 0.913 bits per heavy atom. The molecular formula is C19H30O4. The van der Waals surface area contributed by atoms with Gasteiger partial charge in [-0.15, -0.1) is 0 Å². The Labute approximate surface area is 139 Å². The molecule has 0 fully saturated rings. The Hall–Kier alpha value is -1.71. The van der Waals surface area contributed by atoms with E-state index in [1.54, 1.807) is 0 Å². The van der Waals surface area contributed by atoms with E-state index >= 15 is 0 Å². The number of hydrogen-bond donors (Lipinski definition) is 2. The van der Waals surface area contributed by atoms with Crippen LogP contribution in [-0.2, 0) is 4.74 Å². The van der Waals surface area contributed by atoms with Gasteiger partial charge in [0.25, 0.3) is 0 Å². The van der Waals surface area contributed by atoms with Gasteiger partial charge in [-0.2, -0.15) is 0 Å². The minimum atomic E-state index is -0.543. The Bertz CT molecular complexity index is 457. The summed E-state index contributed by atoms with van der Waals surface area (Å²) in [5.41, 5.74) is 0.0925. The summed E-state index contributed by atoms with van der Waals surface area (Å²) >= 11 is 0. The van der Waals surface area contributed by atoms with Crippen molar-refractivity contribution >= 4 is 5.97 Å². The molecule has 0 heterocycles. The van der Waals surface area contributed by atoms with Crippen molar-refractivity contribution in [3.05, 3.63) is 23.8 Å². The first-order valence-corrected chi connectivity index (χ1v) is 8.84. The third kappa shape index (κ3) is 8.48. The summed E-state index contributed by atoms with van der Waals surface area (Å²) in [6, 6.07) is 3.86. The van der Waals surface area contributed by atoms with Crippen molar-refractivity contribution in [2.24, 2.45) is 0 Å². The van der Waals surface area contributed by atoms with E-state index in [9.17, 15) is 15.0 Å². The molecule has 0 aliphatic carbocycles. The van der Waals surface area contributed by atoms with E-state index in [0.29, 0.717) is 6.61 Å². The van der Waals surface area contributed by atoms with Gasteiger partial charge in [-0.3, -0.25) is 0 Å². The van der Waals surface area contributed by atoms with E-state index in [1.807, 2.05) is 0 Å². The van der Waals surface area contributed by atoms with E-state index in [0.717, 1.165) is 18.9 Å². The first-order valence-electron chi connectivity index (χ1n) is 8.84. The SMILES string of the molecule is CCCCCCCCCCCCOC(=O)c1ccc(O)cc1O. The number of phenols is 2. The van der Waals surface area contributed by atoms with Crippen LogP contribution < -0.4 is 0 Å². The Balaban J connectivity index is 2.01. The molecule has 130 valence electrons. The first kappa shape index (κ1) is 19.3. The van der Waals surface area contributed by atoms with Gasteiger partial charge in [0.1, 0.15) is 17.1 Å². The monoisotopic (exact) mass is 322 g/mol. The zero-order valence-electron chi connectivity index (χ0n) is 14.2. The first-order chi connectivity index (χ1) is 11.1. The largest absolute Gasteiger partial charge is 0.508 e. The second kappa shape index (κ2) is 11.8. The van der Waals surface area contributed by atoms with Gasteiger partial charge >= 0.3 is 5.97 Å². The van der Waals surface area contributed by atoms with Crippen molar-refractivity contribution in [1.82, 2.24) is 0 Å². The maximum absolute atomic E-state index is 11.8. The second-order valence-corrected chi connectivity index (χ2v) is 6.02. The van der Waals surface area contributed by atoms with Gasteiger partial charge in [-0.05, 0) is 18.6 Å². The molecule has 0 aliphatic rings. The van der Waals surface area contributed by atoms with Crippen molar-refractivity contribution in [2.75, 3.05) is 6.61 Å². The number of benzene rings is 1. The zero-order valence-corrected chi connectivity index (χ0v) is 14.2. The highest BCUT2D eigenvalue weighted by Gasteiger charge is 2.12. The highest BCUT2D eigenvalue weighted by Crippen LogP contribution is 2.23. The van der Waals surface area contributed by atoms with Gasteiger partial charge in [0.15, 0.2) is 0 Å². The molecule has 4 heteroatoms. The lowest BCUT2D eigenvalue weighted by Gasteiger charge is -2.07. The van der Waals surface area contributed by atoms with Crippen LogP contribution in [0.5, 0.6) is 11.5 Å². The predicted molar refractivity (Wildman–Crippen MR) is 91.9 cm³/mol. The number of aromatic hydroxyl groups is 2. The quantitative estimate of drug-likeness (QED) is 0.411. The topological polar surface area (TPSA) is 66.8 Å². The normalized spacial score (nSPS) is 10.7. The molecule has 0 unspecified atom stereocenters. The number of unbranched alkanes of at least 4 members (excludes halogenated alkanes) is 9. The second-order valence-electron chi connectivity index (χ2n) is 6.02. The van der Waals surface area contributed by atoms with Gasteiger partial charge in [-0.25, -0.2) is 4.79 Å². The van der Waals surface area contributed by atoms with Crippen molar-refractivity contribution < 1.29 is 19.7 Å². The molecule has 23 heavy (non-hydrogen) atoms. The smallest absolute Gasteiger partial charge is 0.341 e. The van der Waals surface area contributed by atoms with Crippen molar-refractivity contribution in [3.63, 3.8) is 0 Å². The van der Waals surface area contributed by atoms with Crippen LogP contribution in [0.25, 0.3) is 0 Å². The molecule has 0 radical (unpaired) electrons. The van der Waals surface area contributed by atoms with Crippen LogP contribution in [0.1, 0.15) is 81.5 Å². The zero-order chi connectivity index (χ0) is 16.9. The van der Waals surface area contributed by atoms with Crippen LogP contribution in [0.4, 0.5) is 0 Å². The molecule has 0 saturated heterocycles. The van der Waals surface area contributed by atoms with Gasteiger partial charge < -0.3 is 14.9 Å². The number of esters is 1. The molecule has 0 aliphatic heterocycles. The van der Waals surface area contributed by atoms with Crippen LogP contribution in [0, 0.1) is 0 Å². The van der Waals surface area contributed by atoms with Crippen molar-refractivity contribution in [3.8, 4) is 11.5 Å². The summed E-state index contributed by atoms with van der Waals surface area (Å²) in [4.78, 5) is 11.8. The third-order valence-electron chi connectivity index (χ3n) is 3.93. The van der Waals surface area contributed by atoms with Crippen LogP contribution in [0.15, 0.2) is 18.2 Å². The van der Waals surface area contributed by atoms with E-state index in [2.05, 4.69) is 6.92 Å². The van der Waals surface area contributed by atoms with Crippen LogP contribution in [0.3, 0.4) is 0 Å². The van der Waals surface area contributed by atoms with Gasteiger partial charge in [0.2, 0.25) is 0 Å². The maximum atomic E-state index is 11.8. The molecule has 1 aromatic carbocycles. The Kier molecular flexibility index (Phi) is 9.92. The predicted octanol–water partition coefficient (Wildman–Crippen LogP) is 5.18. The van der Waals surface area contributed by atoms with Crippen LogP contribution in [-0.4, -0.2) is 22.8 Å². The molecule has 0 aromatic heterocycles. The van der Waals surface area contributed by atoms with Gasteiger partial charge in [0.05, 0.1) is 6.61 Å². The summed E-state index contributed by atoms with van der Waals surface area (Å²) in [5, 5.41) is 18.8. The number of ether oxygens (including phenoxy) is 1. The molecule has 0 atom stereocenters. The fourth-order valence-electron chi connectivity index (χ4n) is 2.52. The average molecular weight is 322 g/mol. The number of hydrogen-bond acceptors (Lipinski definition) is 4. The van der Waals surface area contributed by atoms with Crippen LogP contribution >= 0.6 is 0 Å². The molecule has 1 aromatic rings. The van der Waals surface area contributed by atoms with Crippen LogP contribution in [0.2, 0.25) is 0 Å². The fraction of sp³-hybridized carbons (Fsp3) is 0.632. The molecule has 0 amide bonds. The highest BCUT2D eigenvalue weighted by molar-refractivity contribution is 5.92. The summed E-state index contributed by atoms with van der Waals surface area (Å²) in [7, 11) is 0. The standard InChI is InChI=1S/C19H30O4/c1-2-3-4-5-6-7-8-9-10-11-14-23-19(22)17-13-12-16(20)15-18(17)21/h12-13,15,20-21H,2-11,14H2,1H3. The lowest BCUT2D eigenvalue weighted by atomic mass is 10.1. The summed E-state index contributed by atoms with van der Waals surface area (Å²) < 4.78 is 5.14. The third-order valence-corrected chi connectivity index (χ3v) is 3.93. The van der Waals surface area contributed by atoms with Gasteiger partial charge in [0, 0.05) is 6.07 Å². The van der Waals surface area contributed by atoms with Gasteiger partial charge in [-0.1, -0.05) is 64.7 Å². The molecule has 4 nitrogen and oxygen atoms in total. The Morgan fingerprint density at radius 3 is 2.04 bits per heavy atom. The van der Waals surface area contributed by atoms with E-state index in [-0.39, 0.29) is 17.1 Å². The van der Waals surface area contributed by atoms with E-state index < -0.39 is 5.97 Å². The van der Waals surface area contributed by atoms with Crippen molar-refractivity contribution in [1.29, 1.82) is 0 Å². The molecule has 0 saturated carbocycles. The summed E-state index contributed by atoms with van der Waals surface area (Å²) in [6.07, 6.45) is 12.3. The lowest BCUT2D eigenvalue weighted by Crippen LogP contribution is -2.06. The summed E-state index contributed by atoms with van der Waals surface area (Å²) in [6.45, 7) is 2.60. The molecule has 0 bridgehead atoms. The van der Waals surface area contributed by atoms with E-state index in [4.69, 9.17) is 4.74 Å². The Morgan fingerprint density at radius 2 is 1.48 bits per heavy atom. The highest BCUT2D eigenvalue weighted by atomic mass is 16.5. The summed E-state index contributed by atoms with van der Waals surface area (Å²) in [5.74, 6) is -0.870. The number of carbonyl (C=O) groups excluding carboxylic acids is 1. The number of carbonyl (C=O) groups is 1. The number of rotatable bonds is 12. The molecule has 0 spiro atoms. The molecule has 1 rings (SSSR count). The fourth-order valence-corrected chi connectivity index (χ4v) is 2.52. The minimum Gasteiger partial charge on any atom is -0.508 e. The maximum Gasteiger partial charge on any atom is 0.341 e. The van der Waals surface area contributed by atoms with E-state index in [1.165, 1.54) is 63.5 Å². The molecular weight excluding hydrogens is 292 g/mol. The van der Waals surface area contributed by atoms with Crippen molar-refractivity contribution in [2.45, 2.75) is 71.1 Å². The number of phenolic OH excluding ortho intramolecular Hbond substituents is 2. The average Bonchev–Trinajstić information content (AvgIpc) is 2.52. The minimum absolute atomic E-state index is 0.0752. The molecule has 2 N–H and O–H groups in total. The lowest BCUT2D eigenvalue weighted by molar-refractivity contribution is 0.0494.